The first-order valence-electron chi connectivity index (χ1n) is 7.03. The third kappa shape index (κ3) is 3.54. The Morgan fingerprint density at radius 2 is 1.64 bits per heavy atom. The zero-order valence-corrected chi connectivity index (χ0v) is 14.1. The molecule has 2 N–H and O–H groups in total. The molecule has 1 aromatic rings. The molecule has 1 aliphatic heterocycles. The molecule has 0 spiro atoms. The highest BCUT2D eigenvalue weighted by Crippen LogP contribution is 2.26. The normalized spacial score (nSPS) is 15.9. The topological polar surface area (TPSA) is 66.6 Å². The molecule has 1 aromatic carbocycles. The van der Waals surface area contributed by atoms with Crippen molar-refractivity contribution in [2.24, 2.45) is 5.73 Å². The minimum atomic E-state index is -0.900. The Morgan fingerprint density at radius 3 is 2.18 bits per heavy atom. The first kappa shape index (κ1) is 17.1. The maximum Gasteiger partial charge on any atom is 0.255 e. The predicted molar refractivity (Wildman–Crippen MR) is 87.2 cm³/mol. The van der Waals surface area contributed by atoms with E-state index >= 15 is 0 Å². The molecule has 120 valence electrons. The van der Waals surface area contributed by atoms with Crippen LogP contribution in [0.2, 0.25) is 10.0 Å². The van der Waals surface area contributed by atoms with E-state index in [9.17, 15) is 9.59 Å². The summed E-state index contributed by atoms with van der Waals surface area (Å²) in [6.07, 6.45) is 0. The molecule has 0 aromatic heterocycles. The number of benzene rings is 1. The van der Waals surface area contributed by atoms with Crippen LogP contribution in [0.25, 0.3) is 0 Å². The van der Waals surface area contributed by atoms with Crippen molar-refractivity contribution in [3.63, 3.8) is 0 Å². The zero-order valence-electron chi connectivity index (χ0n) is 12.6. The second-order valence-corrected chi connectivity index (χ2v) is 6.69. The summed E-state index contributed by atoms with van der Waals surface area (Å²) in [4.78, 5) is 28.0. The Morgan fingerprint density at radius 1 is 1.09 bits per heavy atom. The minimum absolute atomic E-state index is 0.111. The number of amides is 2. The summed E-state index contributed by atoms with van der Waals surface area (Å²) in [6, 6.07) is 4.98. The third-order valence-electron chi connectivity index (χ3n) is 3.59. The highest BCUT2D eigenvalue weighted by molar-refractivity contribution is 6.43. The summed E-state index contributed by atoms with van der Waals surface area (Å²) in [6.45, 7) is 5.18. The lowest BCUT2D eigenvalue weighted by Gasteiger charge is -2.37. The van der Waals surface area contributed by atoms with Crippen molar-refractivity contribution < 1.29 is 9.59 Å². The molecule has 0 bridgehead atoms. The Kier molecular flexibility index (Phi) is 5.00. The van der Waals surface area contributed by atoms with Crippen molar-refractivity contribution in [1.82, 2.24) is 9.80 Å². The number of hydrogen-bond acceptors (Lipinski definition) is 3. The molecule has 0 saturated carbocycles. The number of rotatable bonds is 2. The van der Waals surface area contributed by atoms with Crippen molar-refractivity contribution in [2.45, 2.75) is 19.4 Å². The van der Waals surface area contributed by atoms with Gasteiger partial charge in [-0.3, -0.25) is 9.59 Å². The fraction of sp³-hybridized carbons (Fsp3) is 0.467. The second-order valence-electron chi connectivity index (χ2n) is 5.91. The lowest BCUT2D eigenvalue weighted by Crippen LogP contribution is -2.57. The maximum absolute atomic E-state index is 12.5. The van der Waals surface area contributed by atoms with Gasteiger partial charge >= 0.3 is 0 Å². The molecule has 1 aliphatic rings. The van der Waals surface area contributed by atoms with E-state index in [0.29, 0.717) is 36.8 Å². The Hall–Kier alpha value is -1.30. The third-order valence-corrected chi connectivity index (χ3v) is 4.41. The molecular weight excluding hydrogens is 325 g/mol. The molecule has 0 atom stereocenters. The van der Waals surface area contributed by atoms with Gasteiger partial charge in [0.1, 0.15) is 0 Å². The zero-order chi connectivity index (χ0) is 16.5. The molecule has 1 fully saturated rings. The van der Waals surface area contributed by atoms with Crippen LogP contribution in [0.5, 0.6) is 0 Å². The molecule has 0 radical (unpaired) electrons. The fourth-order valence-corrected chi connectivity index (χ4v) is 2.74. The van der Waals surface area contributed by atoms with Crippen LogP contribution in [0.3, 0.4) is 0 Å². The highest BCUT2D eigenvalue weighted by atomic mass is 35.5. The average Bonchev–Trinajstić information content (AvgIpc) is 2.48. The van der Waals surface area contributed by atoms with Crippen molar-refractivity contribution in [3.05, 3.63) is 33.8 Å². The fourth-order valence-electron chi connectivity index (χ4n) is 2.36. The van der Waals surface area contributed by atoms with E-state index in [1.807, 2.05) is 0 Å². The van der Waals surface area contributed by atoms with Crippen LogP contribution in [0, 0.1) is 0 Å². The number of halogens is 2. The van der Waals surface area contributed by atoms with Gasteiger partial charge in [-0.1, -0.05) is 29.3 Å². The van der Waals surface area contributed by atoms with Crippen LogP contribution in [-0.4, -0.2) is 53.3 Å². The van der Waals surface area contributed by atoms with Gasteiger partial charge in [-0.15, -0.1) is 0 Å². The van der Waals surface area contributed by atoms with Gasteiger partial charge in [0.2, 0.25) is 5.91 Å². The summed E-state index contributed by atoms with van der Waals surface area (Å²) in [5.74, 6) is -0.285. The molecular formula is C15H19Cl2N3O2. The Labute approximate surface area is 139 Å². The quantitative estimate of drug-likeness (QED) is 0.893. The van der Waals surface area contributed by atoms with E-state index in [4.69, 9.17) is 28.9 Å². The van der Waals surface area contributed by atoms with Crippen LogP contribution < -0.4 is 5.73 Å². The van der Waals surface area contributed by atoms with Gasteiger partial charge < -0.3 is 15.5 Å². The van der Waals surface area contributed by atoms with E-state index < -0.39 is 5.54 Å². The Balaban J connectivity index is 2.04. The molecule has 5 nitrogen and oxygen atoms in total. The minimum Gasteiger partial charge on any atom is -0.338 e. The van der Waals surface area contributed by atoms with Gasteiger partial charge in [-0.25, -0.2) is 0 Å². The van der Waals surface area contributed by atoms with Crippen molar-refractivity contribution in [1.29, 1.82) is 0 Å². The van der Waals surface area contributed by atoms with Gasteiger partial charge in [-0.05, 0) is 26.0 Å². The first-order valence-corrected chi connectivity index (χ1v) is 7.79. The molecule has 2 rings (SSSR count). The van der Waals surface area contributed by atoms with Gasteiger partial charge in [-0.2, -0.15) is 0 Å². The summed E-state index contributed by atoms with van der Waals surface area (Å²) >= 11 is 12.0. The number of carbonyl (C=O) groups is 2. The predicted octanol–water partition coefficient (Wildman–Crippen LogP) is 2.02. The smallest absolute Gasteiger partial charge is 0.255 e. The van der Waals surface area contributed by atoms with Crippen molar-refractivity contribution in [3.8, 4) is 0 Å². The van der Waals surface area contributed by atoms with E-state index in [1.54, 1.807) is 41.8 Å². The summed E-state index contributed by atoms with van der Waals surface area (Å²) < 4.78 is 0. The SMILES string of the molecule is CC(C)(N)C(=O)N1CCN(C(=O)c2cccc(Cl)c2Cl)CC1. The van der Waals surface area contributed by atoms with Crippen molar-refractivity contribution in [2.75, 3.05) is 26.2 Å². The molecule has 7 heteroatoms. The first-order chi connectivity index (χ1) is 10.2. The van der Waals surface area contributed by atoms with E-state index in [-0.39, 0.29) is 16.8 Å². The monoisotopic (exact) mass is 343 g/mol. The van der Waals surface area contributed by atoms with Gasteiger partial charge in [0.25, 0.3) is 5.91 Å². The van der Waals surface area contributed by atoms with Crippen LogP contribution in [-0.2, 0) is 4.79 Å². The molecule has 0 aliphatic carbocycles. The van der Waals surface area contributed by atoms with E-state index in [0.717, 1.165) is 0 Å². The van der Waals surface area contributed by atoms with Crippen LogP contribution in [0.1, 0.15) is 24.2 Å². The molecule has 1 saturated heterocycles. The van der Waals surface area contributed by atoms with Crippen LogP contribution in [0.15, 0.2) is 18.2 Å². The number of nitrogens with zero attached hydrogens (tertiary/aromatic N) is 2. The highest BCUT2D eigenvalue weighted by Gasteiger charge is 2.31. The number of carbonyl (C=O) groups excluding carboxylic acids is 2. The van der Waals surface area contributed by atoms with Crippen molar-refractivity contribution >= 4 is 35.0 Å². The molecule has 0 unspecified atom stereocenters. The number of nitrogens with two attached hydrogens (primary N) is 1. The molecule has 2 amide bonds. The number of piperazine rings is 1. The maximum atomic E-state index is 12.5. The standard InChI is InChI=1S/C15H19Cl2N3O2/c1-15(2,18)14(22)20-8-6-19(7-9-20)13(21)10-4-3-5-11(16)12(10)17/h3-5H,6-9,18H2,1-2H3. The summed E-state index contributed by atoms with van der Waals surface area (Å²) in [5.41, 5.74) is 5.31. The molecule has 22 heavy (non-hydrogen) atoms. The van der Waals surface area contributed by atoms with E-state index in [1.165, 1.54) is 0 Å². The van der Waals surface area contributed by atoms with Gasteiger partial charge in [0.05, 0.1) is 21.1 Å². The van der Waals surface area contributed by atoms with Crippen LogP contribution in [0.4, 0.5) is 0 Å². The molecule has 1 heterocycles. The van der Waals surface area contributed by atoms with E-state index in [2.05, 4.69) is 0 Å². The summed E-state index contributed by atoms with van der Waals surface area (Å²) in [5, 5.41) is 0.613. The average molecular weight is 344 g/mol. The second kappa shape index (κ2) is 6.44. The number of hydrogen-bond donors (Lipinski definition) is 1. The van der Waals surface area contributed by atoms with Gasteiger partial charge in [0, 0.05) is 26.2 Å². The van der Waals surface area contributed by atoms with Crippen LogP contribution >= 0.6 is 23.2 Å². The van der Waals surface area contributed by atoms with Gasteiger partial charge in [0.15, 0.2) is 0 Å². The lowest BCUT2D eigenvalue weighted by molar-refractivity contribution is -0.137. The lowest BCUT2D eigenvalue weighted by atomic mass is 10.0. The Bertz CT molecular complexity index is 591. The largest absolute Gasteiger partial charge is 0.338 e. The summed E-state index contributed by atoms with van der Waals surface area (Å²) in [7, 11) is 0.